The van der Waals surface area contributed by atoms with Crippen LogP contribution in [0.5, 0.6) is 0 Å². The second-order valence-electron chi connectivity index (χ2n) is 4.29. The van der Waals surface area contributed by atoms with Crippen LogP contribution in [0.25, 0.3) is 0 Å². The predicted molar refractivity (Wildman–Crippen MR) is 52.8 cm³/mol. The number of ether oxygens (including phenoxy) is 1. The van der Waals surface area contributed by atoms with Crippen LogP contribution in [0.1, 0.15) is 45.4 Å². The summed E-state index contributed by atoms with van der Waals surface area (Å²) in [6.45, 7) is 1.87. The third kappa shape index (κ3) is 2.89. The second-order valence-corrected chi connectivity index (χ2v) is 4.29. The van der Waals surface area contributed by atoms with Crippen molar-refractivity contribution >= 4 is 5.97 Å². The Bertz CT molecular complexity index is 242. The predicted octanol–water partition coefficient (Wildman–Crippen LogP) is 3.45. The molecule has 2 nitrogen and oxygen atoms in total. The highest BCUT2D eigenvalue weighted by Gasteiger charge is 2.55. The summed E-state index contributed by atoms with van der Waals surface area (Å²) in [7, 11) is 0. The number of esters is 1. The van der Waals surface area contributed by atoms with E-state index in [9.17, 15) is 18.0 Å². The first-order valence-electron chi connectivity index (χ1n) is 5.64. The van der Waals surface area contributed by atoms with Crippen LogP contribution in [0, 0.1) is 5.41 Å². The van der Waals surface area contributed by atoms with Crippen molar-refractivity contribution in [2.45, 2.75) is 51.6 Å². The van der Waals surface area contributed by atoms with E-state index in [1.165, 1.54) is 0 Å². The van der Waals surface area contributed by atoms with Gasteiger partial charge in [-0.3, -0.25) is 4.79 Å². The zero-order valence-electron chi connectivity index (χ0n) is 9.40. The highest BCUT2D eigenvalue weighted by atomic mass is 19.4. The van der Waals surface area contributed by atoms with E-state index >= 15 is 0 Å². The Balaban J connectivity index is 2.56. The lowest BCUT2D eigenvalue weighted by Crippen LogP contribution is -2.36. The molecule has 0 saturated heterocycles. The van der Waals surface area contributed by atoms with Crippen molar-refractivity contribution in [2.75, 3.05) is 6.61 Å². The Morgan fingerprint density at radius 2 is 1.88 bits per heavy atom. The van der Waals surface area contributed by atoms with Crippen molar-refractivity contribution in [1.29, 1.82) is 0 Å². The summed E-state index contributed by atoms with van der Waals surface area (Å²) in [6.07, 6.45) is -2.96. The molecule has 0 atom stereocenters. The van der Waals surface area contributed by atoms with Gasteiger partial charge in [-0.2, -0.15) is 13.2 Å². The van der Waals surface area contributed by atoms with E-state index < -0.39 is 17.6 Å². The van der Waals surface area contributed by atoms with Gasteiger partial charge in [0.05, 0.1) is 12.0 Å². The molecule has 0 unspecified atom stereocenters. The second kappa shape index (κ2) is 5.06. The van der Waals surface area contributed by atoms with Crippen molar-refractivity contribution in [3.8, 4) is 0 Å². The lowest BCUT2D eigenvalue weighted by molar-refractivity contribution is -0.225. The molecule has 0 aromatic heterocycles. The number of carbonyl (C=O) groups is 1. The standard InChI is InChI=1S/C11H17F3O2/c1-2-16-9(15)5-8-10(11(12,13)14)6-3-4-7-10/h2-8H2,1H3. The van der Waals surface area contributed by atoms with Crippen LogP contribution in [0.3, 0.4) is 0 Å². The molecule has 0 radical (unpaired) electrons. The molecule has 0 aromatic rings. The molecule has 0 amide bonds. The maximum absolute atomic E-state index is 12.9. The zero-order valence-corrected chi connectivity index (χ0v) is 9.40. The molecule has 5 heteroatoms. The number of hydrogen-bond acceptors (Lipinski definition) is 2. The fourth-order valence-electron chi connectivity index (χ4n) is 2.30. The van der Waals surface area contributed by atoms with Crippen molar-refractivity contribution in [3.63, 3.8) is 0 Å². The van der Waals surface area contributed by atoms with Gasteiger partial charge in [-0.25, -0.2) is 0 Å². The molecule has 16 heavy (non-hydrogen) atoms. The van der Waals surface area contributed by atoms with Gasteiger partial charge < -0.3 is 4.74 Å². The van der Waals surface area contributed by atoms with Crippen LogP contribution >= 0.6 is 0 Å². The van der Waals surface area contributed by atoms with Crippen LogP contribution < -0.4 is 0 Å². The van der Waals surface area contributed by atoms with Gasteiger partial charge in [-0.1, -0.05) is 12.8 Å². The molecule has 0 N–H and O–H groups in total. The van der Waals surface area contributed by atoms with Crippen molar-refractivity contribution < 1.29 is 22.7 Å². The number of alkyl halides is 3. The summed E-state index contributed by atoms with van der Waals surface area (Å²) in [5, 5.41) is 0. The van der Waals surface area contributed by atoms with Crippen LogP contribution in [-0.2, 0) is 9.53 Å². The fourth-order valence-corrected chi connectivity index (χ4v) is 2.30. The first kappa shape index (κ1) is 13.3. The van der Waals surface area contributed by atoms with E-state index in [0.717, 1.165) is 0 Å². The van der Waals surface area contributed by atoms with E-state index in [0.29, 0.717) is 12.8 Å². The minimum Gasteiger partial charge on any atom is -0.466 e. The van der Waals surface area contributed by atoms with Crippen molar-refractivity contribution in [1.82, 2.24) is 0 Å². The first-order valence-corrected chi connectivity index (χ1v) is 5.64. The maximum atomic E-state index is 12.9. The molecule has 1 rings (SSSR count). The molecule has 0 heterocycles. The van der Waals surface area contributed by atoms with E-state index in [4.69, 9.17) is 0 Å². The lowest BCUT2D eigenvalue weighted by Gasteiger charge is -2.31. The number of rotatable bonds is 4. The average Bonchev–Trinajstić information content (AvgIpc) is 2.64. The van der Waals surface area contributed by atoms with Gasteiger partial charge in [-0.05, 0) is 26.2 Å². The van der Waals surface area contributed by atoms with E-state index in [-0.39, 0.29) is 32.3 Å². The van der Waals surface area contributed by atoms with Gasteiger partial charge in [0.2, 0.25) is 0 Å². The average molecular weight is 238 g/mol. The van der Waals surface area contributed by atoms with Gasteiger partial charge in [0.25, 0.3) is 0 Å². The fraction of sp³-hybridized carbons (Fsp3) is 0.909. The normalized spacial score (nSPS) is 19.8. The molecule has 1 fully saturated rings. The van der Waals surface area contributed by atoms with Crippen LogP contribution in [-0.4, -0.2) is 18.8 Å². The van der Waals surface area contributed by atoms with Crippen molar-refractivity contribution in [2.24, 2.45) is 5.41 Å². The maximum Gasteiger partial charge on any atom is 0.394 e. The smallest absolute Gasteiger partial charge is 0.394 e. The molecular formula is C11H17F3O2. The highest BCUT2D eigenvalue weighted by Crippen LogP contribution is 2.53. The summed E-state index contributed by atoms with van der Waals surface area (Å²) in [4.78, 5) is 11.1. The Kier molecular flexibility index (Phi) is 4.21. The molecule has 0 spiro atoms. The number of hydrogen-bond donors (Lipinski definition) is 0. The van der Waals surface area contributed by atoms with Gasteiger partial charge in [0.1, 0.15) is 0 Å². The molecule has 0 aromatic carbocycles. The SMILES string of the molecule is CCOC(=O)CCC1(C(F)(F)F)CCCC1. The van der Waals surface area contributed by atoms with Gasteiger partial charge >= 0.3 is 12.1 Å². The van der Waals surface area contributed by atoms with Gasteiger partial charge in [0.15, 0.2) is 0 Å². The van der Waals surface area contributed by atoms with Crippen molar-refractivity contribution in [3.05, 3.63) is 0 Å². The molecule has 1 aliphatic rings. The Morgan fingerprint density at radius 3 is 2.31 bits per heavy atom. The molecule has 1 aliphatic carbocycles. The summed E-state index contributed by atoms with van der Waals surface area (Å²) >= 11 is 0. The van der Waals surface area contributed by atoms with E-state index in [2.05, 4.69) is 4.74 Å². The minimum atomic E-state index is -4.20. The Morgan fingerprint density at radius 1 is 1.31 bits per heavy atom. The number of carbonyl (C=O) groups excluding carboxylic acids is 1. The highest BCUT2D eigenvalue weighted by molar-refractivity contribution is 5.69. The Labute approximate surface area is 93.2 Å². The summed E-state index contributed by atoms with van der Waals surface area (Å²) < 4.78 is 43.4. The quantitative estimate of drug-likeness (QED) is 0.701. The van der Waals surface area contributed by atoms with Gasteiger partial charge in [-0.15, -0.1) is 0 Å². The number of halogens is 3. The van der Waals surface area contributed by atoms with Gasteiger partial charge in [0, 0.05) is 6.42 Å². The summed E-state index contributed by atoms with van der Waals surface area (Å²) in [5.41, 5.74) is -1.64. The third-order valence-corrected chi connectivity index (χ3v) is 3.28. The molecule has 0 aliphatic heterocycles. The van der Waals surface area contributed by atoms with Crippen LogP contribution in [0.2, 0.25) is 0 Å². The molecule has 0 bridgehead atoms. The van der Waals surface area contributed by atoms with Crippen LogP contribution in [0.4, 0.5) is 13.2 Å². The monoisotopic (exact) mass is 238 g/mol. The summed E-state index contributed by atoms with van der Waals surface area (Å²) in [6, 6.07) is 0. The largest absolute Gasteiger partial charge is 0.466 e. The summed E-state index contributed by atoms with van der Waals surface area (Å²) in [5.74, 6) is -0.530. The minimum absolute atomic E-state index is 0.130. The lowest BCUT2D eigenvalue weighted by atomic mass is 9.81. The Hall–Kier alpha value is -0.740. The topological polar surface area (TPSA) is 26.3 Å². The third-order valence-electron chi connectivity index (χ3n) is 3.28. The van der Waals surface area contributed by atoms with E-state index in [1.54, 1.807) is 6.92 Å². The zero-order chi connectivity index (χ0) is 12.2. The van der Waals surface area contributed by atoms with E-state index in [1.807, 2.05) is 0 Å². The van der Waals surface area contributed by atoms with Crippen LogP contribution in [0.15, 0.2) is 0 Å². The molecular weight excluding hydrogens is 221 g/mol. The molecule has 1 saturated carbocycles. The molecule has 94 valence electrons. The first-order chi connectivity index (χ1) is 7.41.